The Bertz CT molecular complexity index is 1190. The van der Waals surface area contributed by atoms with Crippen LogP contribution in [0.25, 0.3) is 11.0 Å². The van der Waals surface area contributed by atoms with Crippen LogP contribution in [0.3, 0.4) is 0 Å². The Hall–Kier alpha value is -4.06. The van der Waals surface area contributed by atoms with Gasteiger partial charge in [0.25, 0.3) is 5.91 Å². The molecule has 0 saturated heterocycles. The van der Waals surface area contributed by atoms with Crippen molar-refractivity contribution in [3.8, 4) is 11.5 Å². The molecule has 0 atom stereocenters. The Morgan fingerprint density at radius 3 is 2.20 bits per heavy atom. The van der Waals surface area contributed by atoms with Gasteiger partial charge in [-0.2, -0.15) is 0 Å². The molecule has 0 radical (unpaired) electrons. The van der Waals surface area contributed by atoms with Crippen LogP contribution < -0.4 is 14.8 Å². The lowest BCUT2D eigenvalue weighted by Gasteiger charge is -2.10. The average Bonchev–Trinajstić information content (AvgIpc) is 3.23. The van der Waals surface area contributed by atoms with E-state index in [1.165, 1.54) is 14.2 Å². The number of furan rings is 1. The number of hydrogen-bond acceptors (Lipinski definition) is 5. The molecule has 1 N–H and O–H groups in total. The van der Waals surface area contributed by atoms with Gasteiger partial charge in [-0.25, -0.2) is 0 Å². The van der Waals surface area contributed by atoms with E-state index < -0.39 is 0 Å². The summed E-state index contributed by atoms with van der Waals surface area (Å²) in [7, 11) is 3.04. The summed E-state index contributed by atoms with van der Waals surface area (Å²) in [5.41, 5.74) is 2.13. The number of benzene rings is 3. The number of carbonyl (C=O) groups is 2. The number of hydrogen-bond donors (Lipinski definition) is 1. The highest BCUT2D eigenvalue weighted by Crippen LogP contribution is 2.28. The Labute approximate surface area is 173 Å². The van der Waals surface area contributed by atoms with E-state index in [9.17, 15) is 9.59 Å². The highest BCUT2D eigenvalue weighted by atomic mass is 16.5. The monoisotopic (exact) mass is 401 g/mol. The van der Waals surface area contributed by atoms with Crippen LogP contribution in [0.5, 0.6) is 11.5 Å². The molecule has 6 nitrogen and oxygen atoms in total. The molecular formula is C24H19NO5. The Morgan fingerprint density at radius 2 is 1.50 bits per heavy atom. The van der Waals surface area contributed by atoms with E-state index in [0.29, 0.717) is 33.9 Å². The van der Waals surface area contributed by atoms with E-state index >= 15 is 0 Å². The van der Waals surface area contributed by atoms with Crippen molar-refractivity contribution in [2.75, 3.05) is 19.5 Å². The predicted molar refractivity (Wildman–Crippen MR) is 114 cm³/mol. The predicted octanol–water partition coefficient (Wildman–Crippen LogP) is 4.93. The second-order valence-electron chi connectivity index (χ2n) is 6.58. The number of carbonyl (C=O) groups excluding carboxylic acids is 2. The third kappa shape index (κ3) is 3.75. The lowest BCUT2D eigenvalue weighted by molar-refractivity contribution is 0.101. The molecule has 0 aliphatic heterocycles. The van der Waals surface area contributed by atoms with Gasteiger partial charge in [-0.15, -0.1) is 0 Å². The molecule has 0 unspecified atom stereocenters. The number of fused-ring (bicyclic) bond motifs is 1. The van der Waals surface area contributed by atoms with Crippen LogP contribution in [0, 0.1) is 0 Å². The molecule has 1 amide bonds. The Morgan fingerprint density at radius 1 is 0.800 bits per heavy atom. The Kier molecular flexibility index (Phi) is 5.22. The summed E-state index contributed by atoms with van der Waals surface area (Å²) in [6.07, 6.45) is 0. The van der Waals surface area contributed by atoms with Gasteiger partial charge in [0.15, 0.2) is 17.3 Å². The molecule has 1 aromatic heterocycles. The lowest BCUT2D eigenvalue weighted by atomic mass is 10.1. The quantitative estimate of drug-likeness (QED) is 0.463. The first kappa shape index (κ1) is 19.3. The van der Waals surface area contributed by atoms with Gasteiger partial charge in [0.2, 0.25) is 5.78 Å². The number of methoxy groups -OCH3 is 2. The van der Waals surface area contributed by atoms with Crippen LogP contribution in [-0.4, -0.2) is 25.9 Å². The van der Waals surface area contributed by atoms with E-state index in [-0.39, 0.29) is 17.5 Å². The van der Waals surface area contributed by atoms with Gasteiger partial charge < -0.3 is 19.2 Å². The maximum atomic E-state index is 12.7. The molecule has 4 aromatic rings. The number of nitrogens with one attached hydrogen (secondary N) is 1. The summed E-state index contributed by atoms with van der Waals surface area (Å²) in [4.78, 5) is 25.2. The molecule has 3 aromatic carbocycles. The van der Waals surface area contributed by atoms with Crippen LogP contribution >= 0.6 is 0 Å². The zero-order valence-corrected chi connectivity index (χ0v) is 16.5. The molecule has 0 spiro atoms. The summed E-state index contributed by atoms with van der Waals surface area (Å²) < 4.78 is 16.1. The highest BCUT2D eigenvalue weighted by molar-refractivity contribution is 6.09. The zero-order chi connectivity index (χ0) is 21.1. The fourth-order valence-corrected chi connectivity index (χ4v) is 3.12. The molecule has 0 aliphatic carbocycles. The van der Waals surface area contributed by atoms with Crippen LogP contribution in [0.15, 0.2) is 77.2 Å². The number of anilines is 1. The molecular weight excluding hydrogens is 382 g/mol. The van der Waals surface area contributed by atoms with Gasteiger partial charge in [-0.3, -0.25) is 9.59 Å². The Balaban J connectivity index is 1.49. The minimum Gasteiger partial charge on any atom is -0.493 e. The third-order valence-electron chi connectivity index (χ3n) is 4.70. The van der Waals surface area contributed by atoms with Crippen molar-refractivity contribution in [3.63, 3.8) is 0 Å². The first-order chi connectivity index (χ1) is 14.6. The number of para-hydroxylation sites is 1. The summed E-state index contributed by atoms with van der Waals surface area (Å²) in [6, 6.07) is 20.8. The van der Waals surface area contributed by atoms with Crippen LogP contribution in [0.4, 0.5) is 5.69 Å². The molecule has 1 heterocycles. The van der Waals surface area contributed by atoms with Gasteiger partial charge in [0.05, 0.1) is 14.2 Å². The number of rotatable bonds is 6. The van der Waals surface area contributed by atoms with Gasteiger partial charge >= 0.3 is 0 Å². The summed E-state index contributed by atoms with van der Waals surface area (Å²) in [5, 5.41) is 3.68. The van der Waals surface area contributed by atoms with E-state index in [4.69, 9.17) is 13.9 Å². The van der Waals surface area contributed by atoms with Crippen molar-refractivity contribution >= 4 is 28.3 Å². The molecule has 0 aliphatic rings. The fraction of sp³-hybridized carbons (Fsp3) is 0.0833. The maximum Gasteiger partial charge on any atom is 0.255 e. The molecule has 30 heavy (non-hydrogen) atoms. The van der Waals surface area contributed by atoms with Crippen molar-refractivity contribution in [1.29, 1.82) is 0 Å². The first-order valence-corrected chi connectivity index (χ1v) is 9.26. The summed E-state index contributed by atoms with van der Waals surface area (Å²) in [6.45, 7) is 0. The normalized spacial score (nSPS) is 10.6. The number of ether oxygens (including phenoxy) is 2. The van der Waals surface area contributed by atoms with Crippen molar-refractivity contribution in [2.45, 2.75) is 0 Å². The van der Waals surface area contributed by atoms with E-state index in [0.717, 1.165) is 5.39 Å². The van der Waals surface area contributed by atoms with Crippen molar-refractivity contribution in [3.05, 3.63) is 89.7 Å². The molecule has 0 bridgehead atoms. The molecule has 0 fully saturated rings. The topological polar surface area (TPSA) is 77.8 Å². The summed E-state index contributed by atoms with van der Waals surface area (Å²) >= 11 is 0. The highest BCUT2D eigenvalue weighted by Gasteiger charge is 2.15. The van der Waals surface area contributed by atoms with Gasteiger partial charge in [-0.1, -0.05) is 18.2 Å². The molecule has 4 rings (SSSR count). The van der Waals surface area contributed by atoms with E-state index in [1.54, 1.807) is 48.5 Å². The molecule has 150 valence electrons. The van der Waals surface area contributed by atoms with E-state index in [1.807, 2.05) is 24.3 Å². The minimum absolute atomic E-state index is 0.219. The standard InChI is InChI=1S/C24H19NO5/c1-28-20-12-9-17(14-21(20)29-2)24(27)25-18-10-7-15(8-11-18)23(26)22-13-16-5-3-4-6-19(16)30-22/h3-14H,1-2H3,(H,25,27). The first-order valence-electron chi connectivity index (χ1n) is 9.26. The van der Waals surface area contributed by atoms with Crippen LogP contribution in [0.2, 0.25) is 0 Å². The van der Waals surface area contributed by atoms with Crippen LogP contribution in [0.1, 0.15) is 26.5 Å². The SMILES string of the molecule is COc1ccc(C(=O)Nc2ccc(C(=O)c3cc4ccccc4o3)cc2)cc1OC. The van der Waals surface area contributed by atoms with E-state index in [2.05, 4.69) is 5.32 Å². The number of ketones is 1. The summed E-state index contributed by atoms with van der Waals surface area (Å²) in [5.74, 6) is 0.772. The molecule has 0 saturated carbocycles. The zero-order valence-electron chi connectivity index (χ0n) is 16.5. The average molecular weight is 401 g/mol. The van der Waals surface area contributed by atoms with Gasteiger partial charge in [0, 0.05) is 22.2 Å². The second kappa shape index (κ2) is 8.13. The van der Waals surface area contributed by atoms with Gasteiger partial charge in [0.1, 0.15) is 5.58 Å². The van der Waals surface area contributed by atoms with Gasteiger partial charge in [-0.05, 0) is 54.6 Å². The van der Waals surface area contributed by atoms with Crippen LogP contribution in [-0.2, 0) is 0 Å². The molecule has 6 heteroatoms. The number of amides is 1. The lowest BCUT2D eigenvalue weighted by Crippen LogP contribution is -2.12. The second-order valence-corrected chi connectivity index (χ2v) is 6.58. The smallest absolute Gasteiger partial charge is 0.255 e. The largest absolute Gasteiger partial charge is 0.493 e. The van der Waals surface area contributed by atoms with Crippen molar-refractivity contribution in [2.24, 2.45) is 0 Å². The van der Waals surface area contributed by atoms with Crippen molar-refractivity contribution < 1.29 is 23.5 Å². The fourth-order valence-electron chi connectivity index (χ4n) is 3.12. The minimum atomic E-state index is -0.299. The maximum absolute atomic E-state index is 12.7. The van der Waals surface area contributed by atoms with Crippen molar-refractivity contribution in [1.82, 2.24) is 0 Å². The third-order valence-corrected chi connectivity index (χ3v) is 4.70.